The van der Waals surface area contributed by atoms with Gasteiger partial charge in [0.15, 0.2) is 0 Å². The highest BCUT2D eigenvalue weighted by atomic mass is 32.2. The second kappa shape index (κ2) is 7.93. The Hall–Kier alpha value is -0.130. The average molecular weight is 326 g/mol. The van der Waals surface area contributed by atoms with Crippen LogP contribution in [-0.4, -0.2) is 39.0 Å². The Morgan fingerprint density at radius 2 is 2.10 bits per heavy atom. The van der Waals surface area contributed by atoms with Crippen molar-refractivity contribution in [3.63, 3.8) is 0 Å². The molecule has 2 fully saturated rings. The van der Waals surface area contributed by atoms with Crippen LogP contribution in [0.2, 0.25) is 0 Å². The van der Waals surface area contributed by atoms with Gasteiger partial charge in [0.05, 0.1) is 17.4 Å². The van der Waals surface area contributed by atoms with Crippen molar-refractivity contribution in [2.45, 2.75) is 62.8 Å². The highest BCUT2D eigenvalue weighted by molar-refractivity contribution is 7.99. The molecule has 3 unspecified atom stereocenters. The number of fused-ring (bicyclic) bond motifs is 2. The Balaban J connectivity index is 1.50. The van der Waals surface area contributed by atoms with E-state index >= 15 is 0 Å². The Morgan fingerprint density at radius 3 is 2.95 bits per heavy atom. The molecule has 1 aromatic heterocycles. The molecule has 0 aromatic carbocycles. The molecule has 2 aliphatic rings. The highest BCUT2D eigenvalue weighted by Crippen LogP contribution is 2.41. The van der Waals surface area contributed by atoms with Crippen LogP contribution in [0.1, 0.15) is 63.5 Å². The van der Waals surface area contributed by atoms with Gasteiger partial charge in [0.1, 0.15) is 5.03 Å². The van der Waals surface area contributed by atoms with Crippen molar-refractivity contribution < 1.29 is 0 Å². The molecule has 0 amide bonds. The molecule has 1 aromatic rings. The second-order valence-electron chi connectivity index (χ2n) is 6.49. The number of rotatable bonds is 8. The minimum absolute atomic E-state index is 0.661. The molecular formula is C16H27N3S2. The van der Waals surface area contributed by atoms with E-state index in [-0.39, 0.29) is 0 Å². The van der Waals surface area contributed by atoms with Crippen LogP contribution in [0.3, 0.4) is 0 Å². The summed E-state index contributed by atoms with van der Waals surface area (Å²) in [6.07, 6.45) is 9.55. The van der Waals surface area contributed by atoms with E-state index < -0.39 is 0 Å². The van der Waals surface area contributed by atoms with Crippen molar-refractivity contribution >= 4 is 23.5 Å². The summed E-state index contributed by atoms with van der Waals surface area (Å²) in [5, 5.41) is 1.24. The van der Waals surface area contributed by atoms with Crippen LogP contribution in [0, 0.1) is 5.92 Å². The molecule has 2 saturated heterocycles. The quantitative estimate of drug-likeness (QED) is 0.523. The number of nitrogens with zero attached hydrogens (tertiary/aromatic N) is 3. The molecule has 3 rings (SSSR count). The van der Waals surface area contributed by atoms with E-state index in [0.29, 0.717) is 5.92 Å². The van der Waals surface area contributed by atoms with Crippen LogP contribution in [0.5, 0.6) is 0 Å². The van der Waals surface area contributed by atoms with E-state index in [1.807, 2.05) is 11.8 Å². The molecule has 2 bridgehead atoms. The number of hydrogen-bond acceptors (Lipinski definition) is 5. The fourth-order valence-corrected chi connectivity index (χ4v) is 5.48. The summed E-state index contributed by atoms with van der Waals surface area (Å²) in [5.41, 5.74) is 1.33. The lowest BCUT2D eigenvalue weighted by molar-refractivity contribution is 0.269. The number of unbranched alkanes of at least 4 members (excludes halogenated alkanes) is 4. The van der Waals surface area contributed by atoms with Crippen molar-refractivity contribution in [1.29, 1.82) is 0 Å². The fourth-order valence-electron chi connectivity index (χ4n) is 3.71. The summed E-state index contributed by atoms with van der Waals surface area (Å²) in [6.45, 7) is 6.09. The molecular weight excluding hydrogens is 298 g/mol. The average Bonchev–Trinajstić information content (AvgIpc) is 3.07. The lowest BCUT2D eigenvalue weighted by atomic mass is 9.89. The van der Waals surface area contributed by atoms with Gasteiger partial charge in [-0.25, -0.2) is 0 Å². The number of aromatic nitrogens is 2. The second-order valence-corrected chi connectivity index (χ2v) is 8.10. The summed E-state index contributed by atoms with van der Waals surface area (Å²) < 4.78 is 9.25. The van der Waals surface area contributed by atoms with Crippen molar-refractivity contribution in [3.05, 3.63) is 5.69 Å². The molecule has 0 N–H and O–H groups in total. The maximum absolute atomic E-state index is 4.67. The lowest BCUT2D eigenvalue weighted by Gasteiger charge is -2.21. The molecule has 0 aliphatic carbocycles. The molecule has 0 radical (unpaired) electrons. The third-order valence-corrected chi connectivity index (χ3v) is 6.61. The van der Waals surface area contributed by atoms with E-state index in [1.165, 1.54) is 92.8 Å². The third-order valence-electron chi connectivity index (χ3n) is 4.89. The molecule has 5 heteroatoms. The first-order valence-corrected chi connectivity index (χ1v) is 10.3. The minimum Gasteiger partial charge on any atom is -0.302 e. The maximum Gasteiger partial charge on any atom is 0.134 e. The Labute approximate surface area is 137 Å². The van der Waals surface area contributed by atoms with Crippen LogP contribution < -0.4 is 0 Å². The Bertz CT molecular complexity index is 435. The number of thioether (sulfide) groups is 1. The van der Waals surface area contributed by atoms with E-state index in [9.17, 15) is 0 Å². The van der Waals surface area contributed by atoms with E-state index in [2.05, 4.69) is 20.6 Å². The zero-order valence-electron chi connectivity index (χ0n) is 13.1. The summed E-state index contributed by atoms with van der Waals surface area (Å²) in [6, 6.07) is 0. The summed E-state index contributed by atoms with van der Waals surface area (Å²) in [7, 11) is 0. The topological polar surface area (TPSA) is 29.0 Å². The zero-order valence-corrected chi connectivity index (χ0v) is 14.7. The largest absolute Gasteiger partial charge is 0.302 e. The highest BCUT2D eigenvalue weighted by Gasteiger charge is 2.38. The predicted molar refractivity (Wildman–Crippen MR) is 91.3 cm³/mol. The van der Waals surface area contributed by atoms with E-state index in [4.69, 9.17) is 0 Å². The first-order valence-electron chi connectivity index (χ1n) is 8.56. The molecule has 3 nitrogen and oxygen atoms in total. The van der Waals surface area contributed by atoms with Crippen LogP contribution in [0.4, 0.5) is 0 Å². The SMILES string of the molecule is CCCCCCCSc1nsnc1C1CN2CCCC1C2. The van der Waals surface area contributed by atoms with Crippen molar-refractivity contribution in [2.75, 3.05) is 25.4 Å². The molecule has 21 heavy (non-hydrogen) atoms. The van der Waals surface area contributed by atoms with Crippen LogP contribution in [0.25, 0.3) is 0 Å². The molecule has 3 heterocycles. The Kier molecular flexibility index (Phi) is 5.95. The van der Waals surface area contributed by atoms with E-state index in [0.717, 1.165) is 5.92 Å². The van der Waals surface area contributed by atoms with Gasteiger partial charge in [0, 0.05) is 19.0 Å². The standard InChI is InChI=1S/C16H27N3S2/c1-2-3-4-5-6-10-20-16-15(17-21-18-16)14-12-19-9-7-8-13(14)11-19/h13-14H,2-12H2,1H3. The van der Waals surface area contributed by atoms with Gasteiger partial charge in [0.25, 0.3) is 0 Å². The molecule has 0 spiro atoms. The smallest absolute Gasteiger partial charge is 0.134 e. The molecule has 118 valence electrons. The maximum atomic E-state index is 4.67. The first kappa shape index (κ1) is 15.8. The van der Waals surface area contributed by atoms with Gasteiger partial charge in [0.2, 0.25) is 0 Å². The first-order chi connectivity index (χ1) is 10.4. The zero-order chi connectivity index (χ0) is 14.5. The van der Waals surface area contributed by atoms with Gasteiger partial charge in [-0.05, 0) is 37.5 Å². The van der Waals surface area contributed by atoms with Gasteiger partial charge in [-0.1, -0.05) is 32.6 Å². The fraction of sp³-hybridized carbons (Fsp3) is 0.875. The van der Waals surface area contributed by atoms with Gasteiger partial charge in [-0.3, -0.25) is 0 Å². The van der Waals surface area contributed by atoms with Gasteiger partial charge < -0.3 is 4.90 Å². The van der Waals surface area contributed by atoms with Crippen LogP contribution in [0.15, 0.2) is 5.03 Å². The van der Waals surface area contributed by atoms with Crippen molar-refractivity contribution in [2.24, 2.45) is 5.92 Å². The van der Waals surface area contributed by atoms with Gasteiger partial charge >= 0.3 is 0 Å². The summed E-state index contributed by atoms with van der Waals surface area (Å²) in [5.74, 6) is 2.71. The van der Waals surface area contributed by atoms with Crippen LogP contribution >= 0.6 is 23.5 Å². The monoisotopic (exact) mass is 325 g/mol. The minimum atomic E-state index is 0.661. The van der Waals surface area contributed by atoms with E-state index in [1.54, 1.807) is 0 Å². The van der Waals surface area contributed by atoms with Gasteiger partial charge in [-0.15, -0.1) is 11.8 Å². The predicted octanol–water partition coefficient (Wildman–Crippen LogP) is 4.41. The van der Waals surface area contributed by atoms with Crippen molar-refractivity contribution in [1.82, 2.24) is 13.6 Å². The number of piperidine rings is 1. The third kappa shape index (κ3) is 3.99. The lowest BCUT2D eigenvalue weighted by Crippen LogP contribution is -2.25. The number of hydrogen-bond donors (Lipinski definition) is 0. The summed E-state index contributed by atoms with van der Waals surface area (Å²) >= 11 is 3.37. The molecule has 0 saturated carbocycles. The summed E-state index contributed by atoms with van der Waals surface area (Å²) in [4.78, 5) is 2.62. The molecule has 2 aliphatic heterocycles. The van der Waals surface area contributed by atoms with Crippen LogP contribution in [-0.2, 0) is 0 Å². The molecule has 3 atom stereocenters. The normalized spacial score (nSPS) is 28.1. The van der Waals surface area contributed by atoms with Crippen molar-refractivity contribution in [3.8, 4) is 0 Å². The Morgan fingerprint density at radius 1 is 1.19 bits per heavy atom. The van der Waals surface area contributed by atoms with Gasteiger partial charge in [-0.2, -0.15) is 8.75 Å².